The minimum Gasteiger partial charge on any atom is -0.486 e. The van der Waals surface area contributed by atoms with Crippen molar-refractivity contribution >= 4 is 11.7 Å². The van der Waals surface area contributed by atoms with Crippen LogP contribution in [0.1, 0.15) is 33.3 Å². The van der Waals surface area contributed by atoms with Crippen LogP contribution in [-0.2, 0) is 6.54 Å². The van der Waals surface area contributed by atoms with Crippen LogP contribution in [0.3, 0.4) is 0 Å². The molecule has 22 heavy (non-hydrogen) atoms. The lowest BCUT2D eigenvalue weighted by Gasteiger charge is -2.21. The number of amides is 1. The number of rotatable bonds is 4. The number of ether oxygens (including phenoxy) is 2. The van der Waals surface area contributed by atoms with Crippen LogP contribution in [0.2, 0.25) is 0 Å². The van der Waals surface area contributed by atoms with Gasteiger partial charge in [0.25, 0.3) is 5.91 Å². The molecule has 0 atom stereocenters. The van der Waals surface area contributed by atoms with Crippen molar-refractivity contribution in [3.8, 4) is 11.5 Å². The van der Waals surface area contributed by atoms with Gasteiger partial charge >= 0.3 is 0 Å². The maximum atomic E-state index is 12.1. The summed E-state index contributed by atoms with van der Waals surface area (Å²) < 4.78 is 11.1. The van der Waals surface area contributed by atoms with E-state index in [1.54, 1.807) is 0 Å². The van der Waals surface area contributed by atoms with E-state index in [0.717, 1.165) is 5.56 Å². The van der Waals surface area contributed by atoms with Gasteiger partial charge < -0.3 is 19.8 Å². The van der Waals surface area contributed by atoms with Gasteiger partial charge in [0, 0.05) is 23.9 Å². The van der Waals surface area contributed by atoms with Crippen molar-refractivity contribution in [2.45, 2.75) is 13.5 Å². The molecule has 2 aromatic rings. The number of aromatic amines is 1. The quantitative estimate of drug-likeness (QED) is 0.845. The lowest BCUT2D eigenvalue weighted by Crippen LogP contribution is -2.24. The Morgan fingerprint density at radius 2 is 2.09 bits per heavy atom. The van der Waals surface area contributed by atoms with Crippen LogP contribution in [0.4, 0.5) is 0 Å². The predicted molar refractivity (Wildman–Crippen MR) is 79.4 cm³/mol. The SMILES string of the molecule is CC(=O)c1c[nH]c(C(=O)NCc2cccc3c2OCCO3)c1. The van der Waals surface area contributed by atoms with Crippen LogP contribution >= 0.6 is 0 Å². The van der Waals surface area contributed by atoms with E-state index in [4.69, 9.17) is 9.47 Å². The Morgan fingerprint density at radius 3 is 2.86 bits per heavy atom. The van der Waals surface area contributed by atoms with Gasteiger partial charge in [0.1, 0.15) is 18.9 Å². The average molecular weight is 300 g/mol. The number of aromatic nitrogens is 1. The fourth-order valence-electron chi connectivity index (χ4n) is 2.27. The minimum absolute atomic E-state index is 0.0852. The number of benzene rings is 1. The molecule has 0 saturated heterocycles. The molecule has 0 aliphatic carbocycles. The fraction of sp³-hybridized carbons (Fsp3) is 0.250. The second kappa shape index (κ2) is 5.93. The number of ketones is 1. The second-order valence-electron chi connectivity index (χ2n) is 4.98. The van der Waals surface area contributed by atoms with Crippen LogP contribution in [0.5, 0.6) is 11.5 Å². The zero-order valence-corrected chi connectivity index (χ0v) is 12.1. The van der Waals surface area contributed by atoms with Crippen LogP contribution in [0, 0.1) is 0 Å². The van der Waals surface area contributed by atoms with E-state index in [9.17, 15) is 9.59 Å². The molecule has 2 N–H and O–H groups in total. The first-order valence-corrected chi connectivity index (χ1v) is 7.00. The molecule has 0 radical (unpaired) electrons. The first-order valence-electron chi connectivity index (χ1n) is 7.00. The fourth-order valence-corrected chi connectivity index (χ4v) is 2.27. The maximum absolute atomic E-state index is 12.1. The van der Waals surface area contributed by atoms with Gasteiger partial charge in [-0.3, -0.25) is 9.59 Å². The first-order chi connectivity index (χ1) is 10.6. The van der Waals surface area contributed by atoms with E-state index in [-0.39, 0.29) is 11.7 Å². The van der Waals surface area contributed by atoms with Gasteiger partial charge in [-0.25, -0.2) is 0 Å². The van der Waals surface area contributed by atoms with E-state index in [0.29, 0.717) is 42.5 Å². The summed E-state index contributed by atoms with van der Waals surface area (Å²) >= 11 is 0. The predicted octanol–water partition coefficient (Wildman–Crippen LogP) is 1.92. The van der Waals surface area contributed by atoms with E-state index in [2.05, 4.69) is 10.3 Å². The lowest BCUT2D eigenvalue weighted by molar-refractivity contribution is 0.0945. The second-order valence-corrected chi connectivity index (χ2v) is 4.98. The number of nitrogens with one attached hydrogen (secondary N) is 2. The van der Waals surface area contributed by atoms with Crippen molar-refractivity contribution in [2.24, 2.45) is 0 Å². The number of carbonyl (C=O) groups excluding carboxylic acids is 2. The Balaban J connectivity index is 1.69. The highest BCUT2D eigenvalue weighted by molar-refractivity contribution is 5.99. The topological polar surface area (TPSA) is 80.4 Å². The van der Waals surface area contributed by atoms with E-state index >= 15 is 0 Å². The molecule has 0 saturated carbocycles. The maximum Gasteiger partial charge on any atom is 0.267 e. The van der Waals surface area contributed by atoms with Crippen molar-refractivity contribution < 1.29 is 19.1 Å². The molecule has 1 amide bonds. The number of H-pyrrole nitrogens is 1. The number of fused-ring (bicyclic) bond motifs is 1. The van der Waals surface area contributed by atoms with E-state index in [1.807, 2.05) is 18.2 Å². The molecule has 0 unspecified atom stereocenters. The first kappa shape index (κ1) is 14.2. The largest absolute Gasteiger partial charge is 0.486 e. The molecule has 0 fully saturated rings. The number of para-hydroxylation sites is 1. The highest BCUT2D eigenvalue weighted by Crippen LogP contribution is 2.33. The molecule has 0 bridgehead atoms. The Bertz CT molecular complexity index is 721. The highest BCUT2D eigenvalue weighted by atomic mass is 16.6. The van der Waals surface area contributed by atoms with Gasteiger partial charge in [-0.2, -0.15) is 0 Å². The van der Waals surface area contributed by atoms with Crippen molar-refractivity contribution in [3.63, 3.8) is 0 Å². The summed E-state index contributed by atoms with van der Waals surface area (Å²) in [5.74, 6) is 1.00. The lowest BCUT2D eigenvalue weighted by atomic mass is 10.1. The molecule has 3 rings (SSSR count). The van der Waals surface area contributed by atoms with Crippen molar-refractivity contribution in [1.29, 1.82) is 0 Å². The summed E-state index contributed by atoms with van der Waals surface area (Å²) in [6.07, 6.45) is 1.53. The number of Topliss-reactive ketones (excluding diaryl/α,β-unsaturated/α-hetero) is 1. The molecule has 0 spiro atoms. The summed E-state index contributed by atoms with van der Waals surface area (Å²) in [4.78, 5) is 26.1. The molecule has 1 aromatic heterocycles. The Hall–Kier alpha value is -2.76. The van der Waals surface area contributed by atoms with Crippen LogP contribution in [0.15, 0.2) is 30.5 Å². The van der Waals surface area contributed by atoms with E-state index < -0.39 is 0 Å². The molecule has 6 heteroatoms. The minimum atomic E-state index is -0.276. The summed E-state index contributed by atoms with van der Waals surface area (Å²) in [7, 11) is 0. The zero-order chi connectivity index (χ0) is 15.5. The third-order valence-corrected chi connectivity index (χ3v) is 3.42. The van der Waals surface area contributed by atoms with E-state index in [1.165, 1.54) is 19.2 Å². The summed E-state index contributed by atoms with van der Waals surface area (Å²) in [5.41, 5.74) is 1.69. The Morgan fingerprint density at radius 1 is 1.27 bits per heavy atom. The van der Waals surface area contributed by atoms with Gasteiger partial charge in [-0.15, -0.1) is 0 Å². The normalized spacial score (nSPS) is 12.8. The molecule has 6 nitrogen and oxygen atoms in total. The summed E-state index contributed by atoms with van der Waals surface area (Å²) in [6.45, 7) is 2.80. The third-order valence-electron chi connectivity index (χ3n) is 3.42. The monoisotopic (exact) mass is 300 g/mol. The van der Waals surface area contributed by atoms with Gasteiger partial charge in [-0.05, 0) is 19.1 Å². The molecule has 1 aliphatic rings. The summed E-state index contributed by atoms with van der Waals surface area (Å²) in [5, 5.41) is 2.80. The van der Waals surface area contributed by atoms with Gasteiger partial charge in [0.05, 0.1) is 0 Å². The molecule has 114 valence electrons. The van der Waals surface area contributed by atoms with Gasteiger partial charge in [-0.1, -0.05) is 12.1 Å². The molecule has 2 heterocycles. The zero-order valence-electron chi connectivity index (χ0n) is 12.1. The number of carbonyl (C=O) groups is 2. The molecule has 1 aromatic carbocycles. The average Bonchev–Trinajstić information content (AvgIpc) is 3.03. The van der Waals surface area contributed by atoms with Crippen molar-refractivity contribution in [3.05, 3.63) is 47.3 Å². The van der Waals surface area contributed by atoms with Crippen molar-refractivity contribution in [2.75, 3.05) is 13.2 Å². The highest BCUT2D eigenvalue weighted by Gasteiger charge is 2.16. The Labute approximate surface area is 127 Å². The third kappa shape index (κ3) is 2.81. The van der Waals surface area contributed by atoms with Crippen molar-refractivity contribution in [1.82, 2.24) is 10.3 Å². The van der Waals surface area contributed by atoms with Gasteiger partial charge in [0.2, 0.25) is 0 Å². The smallest absolute Gasteiger partial charge is 0.267 e. The van der Waals surface area contributed by atoms with Crippen LogP contribution in [-0.4, -0.2) is 29.9 Å². The number of hydrogen-bond donors (Lipinski definition) is 2. The van der Waals surface area contributed by atoms with Crippen LogP contribution < -0.4 is 14.8 Å². The van der Waals surface area contributed by atoms with Crippen LogP contribution in [0.25, 0.3) is 0 Å². The molecular weight excluding hydrogens is 284 g/mol. The number of hydrogen-bond acceptors (Lipinski definition) is 4. The standard InChI is InChI=1S/C16H16N2O4/c1-10(19)12-7-13(17-9-12)16(20)18-8-11-3-2-4-14-15(11)22-6-5-21-14/h2-4,7,9,17H,5-6,8H2,1H3,(H,18,20). The van der Waals surface area contributed by atoms with Gasteiger partial charge in [0.15, 0.2) is 17.3 Å². The molecule has 1 aliphatic heterocycles. The molecular formula is C16H16N2O4. The Kier molecular flexibility index (Phi) is 3.82. The summed E-state index contributed by atoms with van der Waals surface area (Å²) in [6, 6.07) is 7.11.